The van der Waals surface area contributed by atoms with Crippen LogP contribution < -0.4 is 0 Å². The lowest BCUT2D eigenvalue weighted by molar-refractivity contribution is 0.538. The summed E-state index contributed by atoms with van der Waals surface area (Å²) in [6, 6.07) is 0. The molecule has 0 heterocycles. The second-order valence-corrected chi connectivity index (χ2v) is 10.4. The molecule has 0 aliphatic carbocycles. The zero-order valence-electron chi connectivity index (χ0n) is 25.1. The lowest BCUT2D eigenvalue weighted by atomic mass is 10.0. The van der Waals surface area contributed by atoms with Gasteiger partial charge < -0.3 is 0 Å². The summed E-state index contributed by atoms with van der Waals surface area (Å²) in [7, 11) is 0. The summed E-state index contributed by atoms with van der Waals surface area (Å²) in [5.74, 6) is 0. The van der Waals surface area contributed by atoms with E-state index in [1.807, 2.05) is 0 Å². The Morgan fingerprint density at radius 2 is 0.242 bits per heavy atom. The fraction of sp³-hybridized carbons (Fsp3) is 1.00. The van der Waals surface area contributed by atoms with E-state index in [9.17, 15) is 0 Å². The Kier molecular flexibility index (Phi) is 48.0. The highest BCUT2D eigenvalue weighted by molar-refractivity contribution is 4.48. The average molecular weight is 469 g/mol. The lowest BCUT2D eigenvalue weighted by Gasteiger charge is -2.02. The van der Waals surface area contributed by atoms with Gasteiger partial charge in [0.15, 0.2) is 0 Å². The summed E-state index contributed by atoms with van der Waals surface area (Å²) in [5.41, 5.74) is 0. The Bertz CT molecular complexity index is 231. The number of hydrogen-bond acceptors (Lipinski definition) is 0. The van der Waals surface area contributed by atoms with Crippen molar-refractivity contribution in [3.8, 4) is 0 Å². The highest BCUT2D eigenvalue weighted by atomic mass is 14.0. The molecule has 0 aliphatic heterocycles. The predicted octanol–water partition coefficient (Wildman–Crippen LogP) is 13.6. The molecular formula is C33H72. The molecule has 0 unspecified atom stereocenters. The van der Waals surface area contributed by atoms with Crippen LogP contribution in [-0.4, -0.2) is 0 Å². The second-order valence-electron chi connectivity index (χ2n) is 10.4. The van der Waals surface area contributed by atoms with Crippen LogP contribution in [0.1, 0.15) is 215 Å². The van der Waals surface area contributed by atoms with Crippen LogP contribution in [0.2, 0.25) is 0 Å². The summed E-state index contributed by atoms with van der Waals surface area (Å²) in [6.07, 6.45) is 38.9. The molecule has 33 heavy (non-hydrogen) atoms. The SMILES string of the molecule is CCCCCCC.CCCCCCCCCC.CCCCCCCCCCCCCCCC. The molecule has 0 saturated carbocycles. The van der Waals surface area contributed by atoms with Crippen LogP contribution in [-0.2, 0) is 0 Å². The van der Waals surface area contributed by atoms with Gasteiger partial charge in [-0.15, -0.1) is 0 Å². The number of unbranched alkanes of at least 4 members (excludes halogenated alkanes) is 24. The first kappa shape index (κ1) is 37.5. The molecule has 0 aromatic rings. The van der Waals surface area contributed by atoms with Crippen LogP contribution in [0.4, 0.5) is 0 Å². The minimum atomic E-state index is 1.36. The van der Waals surface area contributed by atoms with Crippen molar-refractivity contribution in [1.82, 2.24) is 0 Å². The zero-order valence-corrected chi connectivity index (χ0v) is 25.1. The fourth-order valence-corrected chi connectivity index (χ4v) is 4.15. The summed E-state index contributed by atoms with van der Waals surface area (Å²) >= 11 is 0. The van der Waals surface area contributed by atoms with Gasteiger partial charge in [0.1, 0.15) is 0 Å². The molecule has 0 radical (unpaired) electrons. The first-order valence-corrected chi connectivity index (χ1v) is 16.2. The van der Waals surface area contributed by atoms with Gasteiger partial charge in [0.2, 0.25) is 0 Å². The lowest BCUT2D eigenvalue weighted by Crippen LogP contribution is -1.82. The molecule has 0 aromatic carbocycles. The maximum Gasteiger partial charge on any atom is -0.0533 e. The minimum Gasteiger partial charge on any atom is -0.0654 e. The van der Waals surface area contributed by atoms with Gasteiger partial charge in [-0.05, 0) is 0 Å². The van der Waals surface area contributed by atoms with E-state index in [4.69, 9.17) is 0 Å². The highest BCUT2D eigenvalue weighted by Gasteiger charge is 1.93. The van der Waals surface area contributed by atoms with Crippen molar-refractivity contribution in [2.45, 2.75) is 215 Å². The van der Waals surface area contributed by atoms with Gasteiger partial charge in [0.25, 0.3) is 0 Å². The molecule has 204 valence electrons. The molecule has 0 aromatic heterocycles. The highest BCUT2D eigenvalue weighted by Crippen LogP contribution is 2.12. The molecule has 0 bridgehead atoms. The predicted molar refractivity (Wildman–Crippen MR) is 159 cm³/mol. The standard InChI is InChI=1S/C16H34.C10H22.C7H16/c1-3-5-7-9-11-13-15-16-14-12-10-8-6-4-2;1-3-5-7-9-10-8-6-4-2;1-3-5-7-6-4-2/h3-16H2,1-2H3;3-10H2,1-2H3;3-7H2,1-2H3. The van der Waals surface area contributed by atoms with E-state index >= 15 is 0 Å². The Morgan fingerprint density at radius 3 is 0.364 bits per heavy atom. The summed E-state index contributed by atoms with van der Waals surface area (Å²) in [5, 5.41) is 0. The molecule has 0 nitrogen and oxygen atoms in total. The van der Waals surface area contributed by atoms with Crippen LogP contribution in [0.5, 0.6) is 0 Å². The van der Waals surface area contributed by atoms with Crippen molar-refractivity contribution in [3.63, 3.8) is 0 Å². The van der Waals surface area contributed by atoms with Crippen LogP contribution in [0.25, 0.3) is 0 Å². The van der Waals surface area contributed by atoms with E-state index < -0.39 is 0 Å². The third-order valence-corrected chi connectivity index (χ3v) is 6.62. The van der Waals surface area contributed by atoms with E-state index in [-0.39, 0.29) is 0 Å². The van der Waals surface area contributed by atoms with Crippen molar-refractivity contribution in [3.05, 3.63) is 0 Å². The van der Waals surface area contributed by atoms with Crippen LogP contribution in [0.3, 0.4) is 0 Å². The molecule has 0 amide bonds. The van der Waals surface area contributed by atoms with Crippen molar-refractivity contribution in [2.75, 3.05) is 0 Å². The Labute approximate surface area is 214 Å². The van der Waals surface area contributed by atoms with E-state index in [1.165, 1.54) is 173 Å². The van der Waals surface area contributed by atoms with Crippen molar-refractivity contribution < 1.29 is 0 Å². The minimum absolute atomic E-state index is 1.36. The van der Waals surface area contributed by atoms with Crippen molar-refractivity contribution in [1.29, 1.82) is 0 Å². The topological polar surface area (TPSA) is 0 Å². The third kappa shape index (κ3) is 50.0. The van der Waals surface area contributed by atoms with Crippen LogP contribution in [0.15, 0.2) is 0 Å². The van der Waals surface area contributed by atoms with Crippen molar-refractivity contribution >= 4 is 0 Å². The Hall–Kier alpha value is 0. The van der Waals surface area contributed by atoms with E-state index in [0.29, 0.717) is 0 Å². The summed E-state index contributed by atoms with van der Waals surface area (Å²) < 4.78 is 0. The van der Waals surface area contributed by atoms with Gasteiger partial charge >= 0.3 is 0 Å². The molecule has 0 rings (SSSR count). The Morgan fingerprint density at radius 1 is 0.152 bits per heavy atom. The number of hydrogen-bond donors (Lipinski definition) is 0. The monoisotopic (exact) mass is 469 g/mol. The zero-order chi connectivity index (χ0) is 25.1. The summed E-state index contributed by atoms with van der Waals surface area (Å²) in [4.78, 5) is 0. The molecule has 0 atom stereocenters. The Balaban J connectivity index is -0.000000451. The second kappa shape index (κ2) is 42.2. The number of rotatable bonds is 24. The van der Waals surface area contributed by atoms with Gasteiger partial charge in [-0.3, -0.25) is 0 Å². The largest absolute Gasteiger partial charge is 0.0654 e. The molecule has 0 spiro atoms. The van der Waals surface area contributed by atoms with Gasteiger partial charge in [0.05, 0.1) is 0 Å². The maximum atomic E-state index is 2.29. The molecule has 0 heteroatoms. The average Bonchev–Trinajstić information content (AvgIpc) is 2.83. The maximum absolute atomic E-state index is 2.29. The first-order valence-electron chi connectivity index (χ1n) is 16.2. The third-order valence-electron chi connectivity index (χ3n) is 6.62. The first-order chi connectivity index (χ1) is 16.2. The van der Waals surface area contributed by atoms with Crippen molar-refractivity contribution in [2.24, 2.45) is 0 Å². The molecule has 0 saturated heterocycles. The molecule has 0 N–H and O–H groups in total. The van der Waals surface area contributed by atoms with Crippen LogP contribution >= 0.6 is 0 Å². The summed E-state index contributed by atoms with van der Waals surface area (Å²) in [6.45, 7) is 13.6. The van der Waals surface area contributed by atoms with E-state index in [0.717, 1.165) is 0 Å². The van der Waals surface area contributed by atoms with E-state index in [2.05, 4.69) is 41.5 Å². The van der Waals surface area contributed by atoms with E-state index in [1.54, 1.807) is 0 Å². The normalized spacial score (nSPS) is 10.4. The molecule has 0 fully saturated rings. The smallest absolute Gasteiger partial charge is 0.0533 e. The van der Waals surface area contributed by atoms with Crippen LogP contribution in [0, 0.1) is 0 Å². The molecule has 0 aliphatic rings. The van der Waals surface area contributed by atoms with Gasteiger partial charge in [-0.25, -0.2) is 0 Å². The molecular weight excluding hydrogens is 396 g/mol. The quantitative estimate of drug-likeness (QED) is 0.123. The van der Waals surface area contributed by atoms with Gasteiger partial charge in [-0.1, -0.05) is 215 Å². The van der Waals surface area contributed by atoms with Gasteiger partial charge in [0, 0.05) is 0 Å². The van der Waals surface area contributed by atoms with Gasteiger partial charge in [-0.2, -0.15) is 0 Å². The fourth-order valence-electron chi connectivity index (χ4n) is 4.15.